The van der Waals surface area contributed by atoms with Crippen LogP contribution in [0.2, 0.25) is 0 Å². The van der Waals surface area contributed by atoms with Crippen LogP contribution in [0, 0.1) is 0 Å². The SMILES string of the molecule is O=C(Nc1ccc(CBr)cc1C(F)(F)F)C(F)(F)F. The Morgan fingerprint density at radius 2 is 1.74 bits per heavy atom. The molecule has 9 heteroatoms. The van der Waals surface area contributed by atoms with Crippen LogP contribution < -0.4 is 5.32 Å². The lowest BCUT2D eigenvalue weighted by Crippen LogP contribution is -2.30. The quantitative estimate of drug-likeness (QED) is 0.632. The van der Waals surface area contributed by atoms with E-state index in [0.717, 1.165) is 6.07 Å². The molecule has 0 aliphatic heterocycles. The lowest BCUT2D eigenvalue weighted by atomic mass is 10.1. The van der Waals surface area contributed by atoms with Gasteiger partial charge in [-0.3, -0.25) is 4.79 Å². The van der Waals surface area contributed by atoms with E-state index in [1.54, 1.807) is 0 Å². The predicted molar refractivity (Wildman–Crippen MR) is 58.8 cm³/mol. The van der Waals surface area contributed by atoms with E-state index in [4.69, 9.17) is 0 Å². The number of hydrogen-bond donors (Lipinski definition) is 1. The Kier molecular flexibility index (Phi) is 4.49. The summed E-state index contributed by atoms with van der Waals surface area (Å²) in [5.41, 5.74) is -2.04. The number of benzene rings is 1. The Morgan fingerprint density at radius 1 is 1.16 bits per heavy atom. The van der Waals surface area contributed by atoms with Gasteiger partial charge in [0.05, 0.1) is 11.3 Å². The van der Waals surface area contributed by atoms with Crippen molar-refractivity contribution in [2.24, 2.45) is 0 Å². The second-order valence-electron chi connectivity index (χ2n) is 3.46. The predicted octanol–water partition coefficient (Wildman–Crippen LogP) is 4.10. The summed E-state index contributed by atoms with van der Waals surface area (Å²) in [5.74, 6) is -2.45. The molecule has 0 spiro atoms. The summed E-state index contributed by atoms with van der Waals surface area (Å²) in [6.45, 7) is 0. The topological polar surface area (TPSA) is 29.1 Å². The van der Waals surface area contributed by atoms with Crippen LogP contribution in [0.25, 0.3) is 0 Å². The van der Waals surface area contributed by atoms with Gasteiger partial charge in [-0.15, -0.1) is 0 Å². The fourth-order valence-electron chi connectivity index (χ4n) is 1.21. The van der Waals surface area contributed by atoms with E-state index in [-0.39, 0.29) is 10.9 Å². The van der Waals surface area contributed by atoms with Gasteiger partial charge in [0.15, 0.2) is 0 Å². The molecule has 0 fully saturated rings. The maximum Gasteiger partial charge on any atom is 0.471 e. The molecule has 1 aromatic carbocycles. The molecule has 1 amide bonds. The third kappa shape index (κ3) is 4.12. The van der Waals surface area contributed by atoms with Gasteiger partial charge in [-0.25, -0.2) is 0 Å². The van der Waals surface area contributed by atoms with Gasteiger partial charge < -0.3 is 5.32 Å². The van der Waals surface area contributed by atoms with E-state index < -0.39 is 29.5 Å². The van der Waals surface area contributed by atoms with Crippen LogP contribution in [-0.2, 0) is 16.3 Å². The number of nitrogens with one attached hydrogen (secondary N) is 1. The normalized spacial score (nSPS) is 12.4. The maximum absolute atomic E-state index is 12.7. The van der Waals surface area contributed by atoms with Crippen LogP contribution in [-0.4, -0.2) is 12.1 Å². The zero-order valence-corrected chi connectivity index (χ0v) is 10.6. The van der Waals surface area contributed by atoms with Crippen molar-refractivity contribution in [3.05, 3.63) is 29.3 Å². The van der Waals surface area contributed by atoms with Gasteiger partial charge in [0.2, 0.25) is 0 Å². The van der Waals surface area contributed by atoms with Crippen molar-refractivity contribution in [3.8, 4) is 0 Å². The Bertz CT molecular complexity index is 482. The molecule has 0 atom stereocenters. The van der Waals surface area contributed by atoms with Crippen LogP contribution in [0.3, 0.4) is 0 Å². The molecule has 0 radical (unpaired) electrons. The summed E-state index contributed by atoms with van der Waals surface area (Å²) in [4.78, 5) is 10.7. The number of carbonyl (C=O) groups excluding carboxylic acids is 1. The van der Waals surface area contributed by atoms with Crippen LogP contribution in [0.4, 0.5) is 32.0 Å². The summed E-state index contributed by atoms with van der Waals surface area (Å²) in [6.07, 6.45) is -10.1. The lowest BCUT2D eigenvalue weighted by Gasteiger charge is -2.15. The van der Waals surface area contributed by atoms with Crippen LogP contribution in [0.15, 0.2) is 18.2 Å². The third-order valence-corrected chi connectivity index (χ3v) is 2.70. The number of hydrogen-bond acceptors (Lipinski definition) is 1. The van der Waals surface area contributed by atoms with Crippen molar-refractivity contribution in [2.45, 2.75) is 17.7 Å². The van der Waals surface area contributed by atoms with E-state index in [2.05, 4.69) is 15.9 Å². The molecule has 2 nitrogen and oxygen atoms in total. The monoisotopic (exact) mass is 349 g/mol. The molecule has 0 aromatic heterocycles. The molecule has 0 unspecified atom stereocenters. The number of rotatable bonds is 2. The molecule has 106 valence electrons. The lowest BCUT2D eigenvalue weighted by molar-refractivity contribution is -0.167. The molecule has 1 N–H and O–H groups in total. The number of anilines is 1. The number of halogens is 7. The first-order valence-electron chi connectivity index (χ1n) is 4.70. The molecule has 1 rings (SSSR count). The smallest absolute Gasteiger partial charge is 0.318 e. The molecule has 0 saturated carbocycles. The largest absolute Gasteiger partial charge is 0.471 e. The second-order valence-corrected chi connectivity index (χ2v) is 4.02. The molecule has 19 heavy (non-hydrogen) atoms. The van der Waals surface area contributed by atoms with Gasteiger partial charge in [0.25, 0.3) is 0 Å². The highest BCUT2D eigenvalue weighted by atomic mass is 79.9. The zero-order valence-electron chi connectivity index (χ0n) is 8.99. The van der Waals surface area contributed by atoms with Crippen LogP contribution in [0.1, 0.15) is 11.1 Å². The molecule has 0 bridgehead atoms. The molecule has 1 aromatic rings. The highest BCUT2D eigenvalue weighted by Gasteiger charge is 2.41. The Balaban J connectivity index is 3.18. The standard InChI is InChI=1S/C10H6BrF6NO/c11-4-5-1-2-7(6(3-5)9(12,13)14)18-8(19)10(15,16)17/h1-3H,4H2,(H,18,19). The minimum absolute atomic E-state index is 0.101. The van der Waals surface area contributed by atoms with Gasteiger partial charge in [-0.1, -0.05) is 22.0 Å². The summed E-state index contributed by atoms with van der Waals surface area (Å²) in [6, 6.07) is 2.62. The third-order valence-electron chi connectivity index (χ3n) is 2.05. The first-order valence-corrected chi connectivity index (χ1v) is 5.82. The van der Waals surface area contributed by atoms with Crippen molar-refractivity contribution < 1.29 is 31.1 Å². The van der Waals surface area contributed by atoms with Gasteiger partial charge in [-0.05, 0) is 17.7 Å². The van der Waals surface area contributed by atoms with Crippen molar-refractivity contribution >= 4 is 27.5 Å². The summed E-state index contributed by atoms with van der Waals surface area (Å²) in [5, 5.41) is 1.31. The van der Waals surface area contributed by atoms with Crippen LogP contribution >= 0.6 is 15.9 Å². The Labute approximate surface area is 111 Å². The first kappa shape index (κ1) is 15.8. The first-order chi connectivity index (χ1) is 8.55. The molecule has 0 saturated heterocycles. The fourth-order valence-corrected chi connectivity index (χ4v) is 1.56. The van der Waals surface area contributed by atoms with E-state index >= 15 is 0 Å². The second kappa shape index (κ2) is 5.40. The van der Waals surface area contributed by atoms with Crippen molar-refractivity contribution in [1.82, 2.24) is 0 Å². The molecular formula is C10H6BrF6NO. The average molecular weight is 350 g/mol. The fraction of sp³-hybridized carbons (Fsp3) is 0.300. The van der Waals surface area contributed by atoms with Gasteiger partial charge in [-0.2, -0.15) is 26.3 Å². The maximum atomic E-state index is 12.7. The Morgan fingerprint density at radius 3 is 2.16 bits per heavy atom. The number of carbonyl (C=O) groups is 1. The van der Waals surface area contributed by atoms with Crippen molar-refractivity contribution in [3.63, 3.8) is 0 Å². The van der Waals surface area contributed by atoms with Gasteiger partial charge in [0.1, 0.15) is 0 Å². The zero-order chi connectivity index (χ0) is 14.8. The van der Waals surface area contributed by atoms with E-state index in [1.165, 1.54) is 11.4 Å². The van der Waals surface area contributed by atoms with E-state index in [9.17, 15) is 31.1 Å². The summed E-state index contributed by atoms with van der Waals surface area (Å²) < 4.78 is 74.0. The van der Waals surface area contributed by atoms with E-state index in [0.29, 0.717) is 6.07 Å². The highest BCUT2D eigenvalue weighted by molar-refractivity contribution is 9.08. The molecular weight excluding hydrogens is 344 g/mol. The Hall–Kier alpha value is -1.25. The highest BCUT2D eigenvalue weighted by Crippen LogP contribution is 2.36. The molecule has 0 aliphatic carbocycles. The van der Waals surface area contributed by atoms with Crippen molar-refractivity contribution in [1.29, 1.82) is 0 Å². The van der Waals surface area contributed by atoms with E-state index in [1.807, 2.05) is 0 Å². The van der Waals surface area contributed by atoms with Gasteiger partial charge in [0, 0.05) is 5.33 Å². The van der Waals surface area contributed by atoms with Crippen molar-refractivity contribution in [2.75, 3.05) is 5.32 Å². The molecule has 0 heterocycles. The summed E-state index contributed by atoms with van der Waals surface area (Å²) in [7, 11) is 0. The number of amides is 1. The minimum Gasteiger partial charge on any atom is -0.318 e. The van der Waals surface area contributed by atoms with Crippen LogP contribution in [0.5, 0.6) is 0 Å². The number of alkyl halides is 7. The minimum atomic E-state index is -5.25. The van der Waals surface area contributed by atoms with Gasteiger partial charge >= 0.3 is 18.3 Å². The molecule has 0 aliphatic rings. The summed E-state index contributed by atoms with van der Waals surface area (Å²) >= 11 is 2.93. The average Bonchev–Trinajstić information content (AvgIpc) is 2.26.